The minimum absolute atomic E-state index is 0.0133. The van der Waals surface area contributed by atoms with Crippen LogP contribution in [0.2, 0.25) is 0 Å². The average Bonchev–Trinajstić information content (AvgIpc) is 3.24. The molecule has 0 radical (unpaired) electrons. The minimum Gasteiger partial charge on any atom is -0.379 e. The molecule has 1 aliphatic rings. The third-order valence-corrected chi connectivity index (χ3v) is 4.88. The number of thiazole rings is 1. The fraction of sp³-hybridized carbons (Fsp3) is 0.353. The first kappa shape index (κ1) is 15.3. The van der Waals surface area contributed by atoms with Crippen molar-refractivity contribution in [3.63, 3.8) is 0 Å². The smallest absolute Gasteiger partial charge is 0.273 e. The third-order valence-electron chi connectivity index (χ3n) is 4.29. The molecule has 6 nitrogen and oxygen atoms in total. The average molecular weight is 342 g/mol. The molecule has 0 aromatic carbocycles. The third kappa shape index (κ3) is 3.05. The normalized spacial score (nSPS) is 18.7. The van der Waals surface area contributed by atoms with Crippen LogP contribution in [0.3, 0.4) is 0 Å². The van der Waals surface area contributed by atoms with Gasteiger partial charge in [-0.2, -0.15) is 0 Å². The van der Waals surface area contributed by atoms with Gasteiger partial charge in [-0.15, -0.1) is 11.3 Å². The first-order chi connectivity index (χ1) is 11.8. The van der Waals surface area contributed by atoms with E-state index in [0.717, 1.165) is 17.6 Å². The zero-order valence-corrected chi connectivity index (χ0v) is 14.0. The molecule has 3 aromatic heterocycles. The van der Waals surface area contributed by atoms with Gasteiger partial charge in [0.15, 0.2) is 0 Å². The van der Waals surface area contributed by atoms with Gasteiger partial charge < -0.3 is 14.0 Å². The van der Waals surface area contributed by atoms with Crippen molar-refractivity contribution in [2.75, 3.05) is 26.3 Å². The number of hydrogen-bond acceptors (Lipinski definition) is 5. The monoisotopic (exact) mass is 342 g/mol. The van der Waals surface area contributed by atoms with Crippen molar-refractivity contribution in [2.45, 2.75) is 6.42 Å². The fourth-order valence-corrected chi connectivity index (χ4v) is 3.65. The Balaban J connectivity index is 1.52. The second-order valence-corrected chi connectivity index (χ2v) is 6.66. The van der Waals surface area contributed by atoms with Crippen molar-refractivity contribution in [1.82, 2.24) is 19.3 Å². The van der Waals surface area contributed by atoms with Crippen LogP contribution in [0.1, 0.15) is 16.2 Å². The quantitative estimate of drug-likeness (QED) is 0.731. The molecule has 0 spiro atoms. The molecule has 24 heavy (non-hydrogen) atoms. The molecule has 1 atom stereocenters. The van der Waals surface area contributed by atoms with Crippen LogP contribution in [0, 0.1) is 5.92 Å². The Bertz CT molecular complexity index is 830. The van der Waals surface area contributed by atoms with Crippen LogP contribution < -0.4 is 0 Å². The van der Waals surface area contributed by atoms with Crippen LogP contribution in [-0.2, 0) is 11.2 Å². The highest BCUT2D eigenvalue weighted by molar-refractivity contribution is 7.07. The molecule has 4 heterocycles. The largest absolute Gasteiger partial charge is 0.379 e. The van der Waals surface area contributed by atoms with E-state index in [-0.39, 0.29) is 11.8 Å². The van der Waals surface area contributed by atoms with Gasteiger partial charge >= 0.3 is 0 Å². The van der Waals surface area contributed by atoms with Crippen molar-refractivity contribution < 1.29 is 9.53 Å². The number of nitrogens with zero attached hydrogens (tertiary/aromatic N) is 4. The summed E-state index contributed by atoms with van der Waals surface area (Å²) < 4.78 is 7.79. The Morgan fingerprint density at radius 1 is 1.38 bits per heavy atom. The molecule has 0 bridgehead atoms. The fourth-order valence-electron chi connectivity index (χ4n) is 3.13. The second-order valence-electron chi connectivity index (χ2n) is 5.94. The Morgan fingerprint density at radius 3 is 3.21 bits per heavy atom. The molecule has 0 saturated carbocycles. The number of fused-ring (bicyclic) bond motifs is 1. The molecule has 0 N–H and O–H groups in total. The molecule has 4 rings (SSSR count). The summed E-state index contributed by atoms with van der Waals surface area (Å²) in [7, 11) is 0. The van der Waals surface area contributed by atoms with Crippen LogP contribution in [-0.4, -0.2) is 51.5 Å². The maximum Gasteiger partial charge on any atom is 0.273 e. The maximum atomic E-state index is 12.6. The molecular weight excluding hydrogens is 324 g/mol. The number of carbonyl (C=O) groups excluding carboxylic acids is 1. The molecular formula is C17H18N4O2S. The van der Waals surface area contributed by atoms with Gasteiger partial charge in [0.1, 0.15) is 5.69 Å². The number of aromatic nitrogens is 3. The highest BCUT2D eigenvalue weighted by atomic mass is 32.1. The molecule has 3 aromatic rings. The van der Waals surface area contributed by atoms with Crippen LogP contribution in [0.5, 0.6) is 0 Å². The first-order valence-corrected chi connectivity index (χ1v) is 8.91. The van der Waals surface area contributed by atoms with Gasteiger partial charge in [0.2, 0.25) is 0 Å². The zero-order valence-electron chi connectivity index (χ0n) is 13.2. The summed E-state index contributed by atoms with van der Waals surface area (Å²) in [5.41, 5.74) is 4.36. The van der Waals surface area contributed by atoms with Crippen molar-refractivity contribution in [3.8, 4) is 0 Å². The maximum absolute atomic E-state index is 12.6. The second kappa shape index (κ2) is 6.70. The van der Waals surface area contributed by atoms with Gasteiger partial charge in [0, 0.05) is 43.0 Å². The number of ether oxygens (including phenoxy) is 1. The molecule has 1 fully saturated rings. The van der Waals surface area contributed by atoms with Gasteiger partial charge in [-0.3, -0.25) is 9.78 Å². The van der Waals surface area contributed by atoms with E-state index in [1.165, 1.54) is 11.3 Å². The summed E-state index contributed by atoms with van der Waals surface area (Å²) >= 11 is 1.44. The number of carbonyl (C=O) groups is 1. The summed E-state index contributed by atoms with van der Waals surface area (Å²) in [5.74, 6) is 0.212. The van der Waals surface area contributed by atoms with E-state index in [2.05, 4.69) is 20.4 Å². The van der Waals surface area contributed by atoms with E-state index in [1.54, 1.807) is 10.9 Å². The summed E-state index contributed by atoms with van der Waals surface area (Å²) in [6.07, 6.45) is 6.57. The van der Waals surface area contributed by atoms with Crippen LogP contribution in [0.4, 0.5) is 0 Å². The van der Waals surface area contributed by atoms with Crippen molar-refractivity contribution >= 4 is 22.8 Å². The highest BCUT2D eigenvalue weighted by Crippen LogP contribution is 2.18. The van der Waals surface area contributed by atoms with Crippen LogP contribution in [0.15, 0.2) is 41.6 Å². The number of rotatable bonds is 3. The zero-order chi connectivity index (χ0) is 16.4. The Labute approximate surface area is 143 Å². The minimum atomic E-state index is -0.0133. The predicted octanol–water partition coefficient (Wildman–Crippen LogP) is 2.12. The molecule has 1 saturated heterocycles. The lowest BCUT2D eigenvalue weighted by Gasteiger charge is -2.23. The van der Waals surface area contributed by atoms with E-state index in [0.29, 0.717) is 32.0 Å². The Morgan fingerprint density at radius 2 is 2.33 bits per heavy atom. The first-order valence-electron chi connectivity index (χ1n) is 7.97. The van der Waals surface area contributed by atoms with Gasteiger partial charge in [-0.1, -0.05) is 0 Å². The standard InChI is InChI=1S/C17H18N4O2S/c22-17(15-11-24-12-19-15)21-6-7-23-10-13(9-21)8-14-16-2-1-4-20(16)5-3-18-14/h1-5,11-13H,6-10H2/t13-/m0/s1. The van der Waals surface area contributed by atoms with E-state index in [1.807, 2.05) is 29.6 Å². The van der Waals surface area contributed by atoms with Crippen molar-refractivity contribution in [3.05, 3.63) is 53.0 Å². The van der Waals surface area contributed by atoms with Crippen molar-refractivity contribution in [1.29, 1.82) is 0 Å². The lowest BCUT2D eigenvalue weighted by Crippen LogP contribution is -2.36. The molecule has 0 unspecified atom stereocenters. The van der Waals surface area contributed by atoms with Crippen LogP contribution in [0.25, 0.3) is 5.52 Å². The number of amides is 1. The van der Waals surface area contributed by atoms with E-state index >= 15 is 0 Å². The summed E-state index contributed by atoms with van der Waals surface area (Å²) in [6, 6.07) is 4.08. The molecule has 1 amide bonds. The van der Waals surface area contributed by atoms with Crippen LogP contribution >= 0.6 is 11.3 Å². The number of hydrogen-bond donors (Lipinski definition) is 0. The molecule has 124 valence electrons. The van der Waals surface area contributed by atoms with Crippen molar-refractivity contribution in [2.24, 2.45) is 5.92 Å². The molecule has 1 aliphatic heterocycles. The van der Waals surface area contributed by atoms with Gasteiger partial charge in [-0.05, 0) is 18.6 Å². The van der Waals surface area contributed by atoms with Gasteiger partial charge in [-0.25, -0.2) is 4.98 Å². The lowest BCUT2D eigenvalue weighted by molar-refractivity contribution is 0.0732. The van der Waals surface area contributed by atoms with E-state index < -0.39 is 0 Å². The molecule has 7 heteroatoms. The van der Waals surface area contributed by atoms with Gasteiger partial charge in [0.25, 0.3) is 5.91 Å². The Kier molecular flexibility index (Phi) is 4.27. The SMILES string of the molecule is O=C(c1cscn1)N1CCOC[C@@H](Cc2nccn3cccc23)C1. The van der Waals surface area contributed by atoms with E-state index in [4.69, 9.17) is 4.74 Å². The topological polar surface area (TPSA) is 59.7 Å². The Hall–Kier alpha value is -2.25. The lowest BCUT2D eigenvalue weighted by atomic mass is 10.0. The summed E-state index contributed by atoms with van der Waals surface area (Å²) in [5, 5.41) is 1.80. The highest BCUT2D eigenvalue weighted by Gasteiger charge is 2.25. The summed E-state index contributed by atoms with van der Waals surface area (Å²) in [4.78, 5) is 23.1. The molecule has 0 aliphatic carbocycles. The van der Waals surface area contributed by atoms with Gasteiger partial charge in [0.05, 0.1) is 29.9 Å². The predicted molar refractivity (Wildman–Crippen MR) is 91.2 cm³/mol. The summed E-state index contributed by atoms with van der Waals surface area (Å²) in [6.45, 7) is 2.48. The van der Waals surface area contributed by atoms with E-state index in [9.17, 15) is 4.79 Å².